The molecular weight excluding hydrogens is 707 g/mol. The Kier molecular flexibility index (Phi) is 24.4. The molecule has 14 nitrogen and oxygen atoms in total. The lowest BCUT2D eigenvalue weighted by Crippen LogP contribution is -2.32. The van der Waals surface area contributed by atoms with Crippen LogP contribution in [-0.2, 0) is 56.0 Å². The molecule has 53 heavy (non-hydrogen) atoms. The third-order valence-corrected chi connectivity index (χ3v) is 9.53. The van der Waals surface area contributed by atoms with Gasteiger partial charge in [-0.3, -0.25) is 13.6 Å². The van der Waals surface area contributed by atoms with E-state index in [0.29, 0.717) is 32.3 Å². The molecule has 4 heterocycles. The highest BCUT2D eigenvalue weighted by Gasteiger charge is 2.42. The van der Waals surface area contributed by atoms with Crippen LogP contribution in [0.3, 0.4) is 0 Å². The third-order valence-electron chi connectivity index (χ3n) is 8.09. The second-order valence-corrected chi connectivity index (χ2v) is 16.1. The van der Waals surface area contributed by atoms with Crippen molar-refractivity contribution in [1.29, 1.82) is 0 Å². The van der Waals surface area contributed by atoms with Crippen LogP contribution >= 0.6 is 7.82 Å². The summed E-state index contributed by atoms with van der Waals surface area (Å²) in [5, 5.41) is 18.3. The standard InChI is InChI=1S/C17H31B2O8P.2C8H15BO3.CH4/c1-10(2)22-8-14-13(7-17(19)25-14)27-28(20,21-5)23-9-15-12(24-11(3)4)6-16(18)26-15;1-5(2)11-4-7-6(10)3-8(9)12-7;1-5(2)11-6-3-8(9)12-7(6)4-10;/h10-17H,6-9H2,1-5H3;2*5-8,10H,3-4H2,1-2H3;1H4/t12-,13-,14-,15-,16-,17-,28?;2*6-,7-,8-;/m111./s1. The van der Waals surface area contributed by atoms with Crippen LogP contribution in [0, 0.1) is 0 Å². The van der Waals surface area contributed by atoms with Crippen molar-refractivity contribution in [3.8, 4) is 0 Å². The fraction of sp³-hybridized carbons (Fsp3) is 1.00. The summed E-state index contributed by atoms with van der Waals surface area (Å²) in [7, 11) is 20.1. The molecule has 302 valence electrons. The molecule has 4 saturated heterocycles. The highest BCUT2D eigenvalue weighted by atomic mass is 31.2. The fourth-order valence-electron chi connectivity index (χ4n) is 5.74. The maximum Gasteiger partial charge on any atom is 0.474 e. The van der Waals surface area contributed by atoms with Crippen molar-refractivity contribution in [3.05, 3.63) is 0 Å². The zero-order chi connectivity index (χ0) is 39.2. The molecule has 0 aliphatic carbocycles. The summed E-state index contributed by atoms with van der Waals surface area (Å²) in [5.74, 6) is 0. The Morgan fingerprint density at radius 3 is 1.43 bits per heavy atom. The van der Waals surface area contributed by atoms with Crippen LogP contribution in [0.15, 0.2) is 0 Å². The highest BCUT2D eigenvalue weighted by Crippen LogP contribution is 2.52. The van der Waals surface area contributed by atoms with Gasteiger partial charge in [0.05, 0.1) is 75.3 Å². The molecule has 13 atom stereocenters. The quantitative estimate of drug-likeness (QED) is 0.164. The van der Waals surface area contributed by atoms with Crippen LogP contribution in [0.5, 0.6) is 0 Å². The SMILES string of the molecule is C.[B][C@H]1C[C@@H](O)[C@@H](COC(C)C)O1.[B][C@H]1C[C@@H](OC(C)C)[C@@H](CO)O1.[B][C@H]1C[C@@H](OC(C)C)[C@@H](COP(=O)(OC)O[C@@H]2C[C@H]([B])O[C@@H]2COC(C)C)O1. The predicted molar refractivity (Wildman–Crippen MR) is 204 cm³/mol. The topological polar surface area (TPSA) is 159 Å². The van der Waals surface area contributed by atoms with Crippen molar-refractivity contribution in [1.82, 2.24) is 0 Å². The van der Waals surface area contributed by atoms with Gasteiger partial charge in [-0.05, 0) is 81.1 Å². The molecule has 0 aromatic heterocycles. The molecule has 1 unspecified atom stereocenters. The maximum absolute atomic E-state index is 13.0. The van der Waals surface area contributed by atoms with Gasteiger partial charge >= 0.3 is 7.82 Å². The van der Waals surface area contributed by atoms with E-state index in [1.165, 1.54) is 7.11 Å². The van der Waals surface area contributed by atoms with Crippen LogP contribution < -0.4 is 0 Å². The average molecular weight is 772 g/mol. The summed E-state index contributed by atoms with van der Waals surface area (Å²) in [6.45, 7) is 16.1. The Bertz CT molecular complexity index is 1020. The molecule has 4 rings (SSSR count). The zero-order valence-corrected chi connectivity index (χ0v) is 33.3. The predicted octanol–water partition coefficient (Wildman–Crippen LogP) is 2.68. The normalized spacial score (nSPS) is 35.2. The van der Waals surface area contributed by atoms with E-state index in [4.69, 9.17) is 88.0 Å². The van der Waals surface area contributed by atoms with Gasteiger partial charge in [0.2, 0.25) is 0 Å². The first kappa shape index (κ1) is 51.0. The molecule has 19 heteroatoms. The summed E-state index contributed by atoms with van der Waals surface area (Å²) < 4.78 is 73.1. The number of rotatable bonds is 17. The monoisotopic (exact) mass is 772 g/mol. The molecule has 0 aromatic rings. The van der Waals surface area contributed by atoms with Crippen LogP contribution in [0.1, 0.15) is 88.5 Å². The minimum atomic E-state index is -3.86. The average Bonchev–Trinajstić information content (AvgIpc) is 3.78. The van der Waals surface area contributed by atoms with Crippen molar-refractivity contribution < 1.29 is 66.2 Å². The zero-order valence-electron chi connectivity index (χ0n) is 32.4. The van der Waals surface area contributed by atoms with Crippen LogP contribution in [-0.4, -0.2) is 172 Å². The second kappa shape index (κ2) is 25.4. The molecule has 0 bridgehead atoms. The number of ether oxygens (including phenoxy) is 8. The van der Waals surface area contributed by atoms with Gasteiger partial charge in [-0.25, -0.2) is 4.57 Å². The van der Waals surface area contributed by atoms with Gasteiger partial charge in [0.25, 0.3) is 0 Å². The van der Waals surface area contributed by atoms with E-state index in [0.717, 1.165) is 0 Å². The van der Waals surface area contributed by atoms with Gasteiger partial charge in [-0.15, -0.1) is 0 Å². The highest BCUT2D eigenvalue weighted by molar-refractivity contribution is 7.48. The third kappa shape index (κ3) is 19.3. The van der Waals surface area contributed by atoms with Crippen molar-refractivity contribution in [2.75, 3.05) is 33.5 Å². The fourth-order valence-corrected chi connectivity index (χ4v) is 6.87. The van der Waals surface area contributed by atoms with Gasteiger partial charge in [-0.2, -0.15) is 0 Å². The first-order valence-electron chi connectivity index (χ1n) is 18.3. The molecule has 0 saturated carbocycles. The molecule has 0 spiro atoms. The molecular formula is C34H65B4O14P. The second-order valence-electron chi connectivity index (χ2n) is 14.3. The Balaban J connectivity index is 0.000000463. The van der Waals surface area contributed by atoms with E-state index in [1.54, 1.807) is 0 Å². The summed E-state index contributed by atoms with van der Waals surface area (Å²) in [6.07, 6.45) is -0.371. The Hall–Kier alpha value is -0.0303. The molecule has 4 aliphatic rings. The number of hydrogen-bond acceptors (Lipinski definition) is 14. The molecule has 0 aromatic carbocycles. The van der Waals surface area contributed by atoms with E-state index >= 15 is 0 Å². The Morgan fingerprint density at radius 1 is 0.623 bits per heavy atom. The lowest BCUT2D eigenvalue weighted by Gasteiger charge is -2.26. The number of aliphatic hydroxyl groups excluding tert-OH is 2. The van der Waals surface area contributed by atoms with Crippen LogP contribution in [0.25, 0.3) is 0 Å². The number of aliphatic hydroxyl groups is 2. The number of phosphoric ester groups is 1. The molecule has 2 N–H and O–H groups in total. The Labute approximate surface area is 324 Å². The molecule has 0 amide bonds. The molecule has 4 fully saturated rings. The minimum absolute atomic E-state index is 0. The Morgan fingerprint density at radius 2 is 1.02 bits per heavy atom. The lowest BCUT2D eigenvalue weighted by molar-refractivity contribution is -0.0660. The van der Waals surface area contributed by atoms with Gasteiger partial charge < -0.3 is 48.1 Å². The molecule has 4 aliphatic heterocycles. The van der Waals surface area contributed by atoms with E-state index in [9.17, 15) is 9.67 Å². The van der Waals surface area contributed by atoms with Crippen molar-refractivity contribution in [2.45, 2.75) is 186 Å². The van der Waals surface area contributed by atoms with Crippen molar-refractivity contribution in [3.63, 3.8) is 0 Å². The van der Waals surface area contributed by atoms with Gasteiger partial charge in [0.15, 0.2) is 0 Å². The van der Waals surface area contributed by atoms with E-state index in [1.807, 2.05) is 55.4 Å². The number of hydrogen-bond donors (Lipinski definition) is 2. The van der Waals surface area contributed by atoms with Gasteiger partial charge in [0.1, 0.15) is 55.8 Å². The minimum Gasteiger partial charge on any atom is -0.394 e. The van der Waals surface area contributed by atoms with E-state index in [2.05, 4.69) is 0 Å². The van der Waals surface area contributed by atoms with Gasteiger partial charge in [0, 0.05) is 31.1 Å². The van der Waals surface area contributed by atoms with Crippen molar-refractivity contribution >= 4 is 39.2 Å². The molecule has 8 radical (unpaired) electrons. The first-order chi connectivity index (χ1) is 24.3. The summed E-state index contributed by atoms with van der Waals surface area (Å²) in [4.78, 5) is 0. The number of phosphoric acid groups is 1. The first-order valence-corrected chi connectivity index (χ1v) is 19.8. The maximum atomic E-state index is 13.0. The summed E-state index contributed by atoms with van der Waals surface area (Å²) >= 11 is 0. The largest absolute Gasteiger partial charge is 0.474 e. The smallest absolute Gasteiger partial charge is 0.394 e. The summed E-state index contributed by atoms with van der Waals surface area (Å²) in [6, 6.07) is -1.61. The van der Waals surface area contributed by atoms with Crippen LogP contribution in [0.2, 0.25) is 0 Å². The van der Waals surface area contributed by atoms with E-state index < -0.39 is 44.2 Å². The van der Waals surface area contributed by atoms with E-state index in [-0.39, 0.29) is 88.1 Å². The summed E-state index contributed by atoms with van der Waals surface area (Å²) in [5.41, 5.74) is 0. The van der Waals surface area contributed by atoms with Crippen LogP contribution in [0.4, 0.5) is 0 Å². The van der Waals surface area contributed by atoms with Crippen molar-refractivity contribution in [2.24, 2.45) is 0 Å². The van der Waals surface area contributed by atoms with Gasteiger partial charge in [-0.1, -0.05) is 7.43 Å². The lowest BCUT2D eigenvalue weighted by atomic mass is 9.96.